The second kappa shape index (κ2) is 3.26. The van der Waals surface area contributed by atoms with Crippen molar-refractivity contribution in [2.24, 2.45) is 0 Å². The monoisotopic (exact) mass is 198 g/mol. The highest BCUT2D eigenvalue weighted by Crippen LogP contribution is 2.41. The molecule has 5 heteroatoms. The summed E-state index contributed by atoms with van der Waals surface area (Å²) in [5.74, 6) is -1.27. The van der Waals surface area contributed by atoms with Crippen LogP contribution in [0.25, 0.3) is 0 Å². The SMILES string of the molecule is Oc1ccc(OCC2CO2)c(O)c1O. The van der Waals surface area contributed by atoms with E-state index in [1.165, 1.54) is 12.1 Å². The summed E-state index contributed by atoms with van der Waals surface area (Å²) in [4.78, 5) is 0. The number of hydrogen-bond donors (Lipinski definition) is 3. The van der Waals surface area contributed by atoms with Crippen molar-refractivity contribution in [2.45, 2.75) is 6.10 Å². The Morgan fingerprint density at radius 1 is 1.29 bits per heavy atom. The van der Waals surface area contributed by atoms with Gasteiger partial charge in [-0.3, -0.25) is 0 Å². The van der Waals surface area contributed by atoms with Crippen molar-refractivity contribution in [1.82, 2.24) is 0 Å². The zero-order valence-electron chi connectivity index (χ0n) is 7.30. The Hall–Kier alpha value is -1.62. The van der Waals surface area contributed by atoms with E-state index < -0.39 is 11.5 Å². The molecule has 1 aliphatic rings. The molecule has 1 heterocycles. The van der Waals surface area contributed by atoms with Crippen LogP contribution in [0.2, 0.25) is 0 Å². The Morgan fingerprint density at radius 2 is 2.00 bits per heavy atom. The van der Waals surface area contributed by atoms with Gasteiger partial charge in [0.25, 0.3) is 0 Å². The lowest BCUT2D eigenvalue weighted by Crippen LogP contribution is -2.03. The molecule has 0 spiro atoms. The van der Waals surface area contributed by atoms with Crippen LogP contribution in [0.4, 0.5) is 0 Å². The summed E-state index contributed by atoms with van der Waals surface area (Å²) < 4.78 is 10.1. The van der Waals surface area contributed by atoms with Gasteiger partial charge in [0.05, 0.1) is 6.61 Å². The molecule has 2 rings (SSSR count). The first kappa shape index (κ1) is 8.96. The van der Waals surface area contributed by atoms with Gasteiger partial charge in [0, 0.05) is 0 Å². The normalized spacial score (nSPS) is 19.3. The van der Waals surface area contributed by atoms with E-state index in [2.05, 4.69) is 0 Å². The minimum absolute atomic E-state index is 0.0744. The maximum Gasteiger partial charge on any atom is 0.204 e. The molecule has 0 aromatic heterocycles. The van der Waals surface area contributed by atoms with E-state index in [0.717, 1.165) is 0 Å². The Bertz CT molecular complexity index is 345. The first-order valence-electron chi connectivity index (χ1n) is 4.17. The molecule has 1 atom stereocenters. The summed E-state index contributed by atoms with van der Waals surface area (Å²) in [5, 5.41) is 27.5. The van der Waals surface area contributed by atoms with Crippen LogP contribution in [0.3, 0.4) is 0 Å². The van der Waals surface area contributed by atoms with E-state index in [-0.39, 0.29) is 17.6 Å². The molecule has 1 saturated heterocycles. The van der Waals surface area contributed by atoms with E-state index in [9.17, 15) is 5.11 Å². The third-order valence-electron chi connectivity index (χ3n) is 1.92. The van der Waals surface area contributed by atoms with Crippen LogP contribution < -0.4 is 4.74 Å². The van der Waals surface area contributed by atoms with Gasteiger partial charge in [-0.15, -0.1) is 0 Å². The summed E-state index contributed by atoms with van der Waals surface area (Å²) in [5.41, 5.74) is 0. The van der Waals surface area contributed by atoms with Gasteiger partial charge in [0.2, 0.25) is 11.5 Å². The van der Waals surface area contributed by atoms with Crippen LogP contribution in [-0.2, 0) is 4.74 Å². The molecule has 1 unspecified atom stereocenters. The topological polar surface area (TPSA) is 82.5 Å². The molecular formula is C9H10O5. The second-order valence-electron chi connectivity index (χ2n) is 3.05. The standard InChI is InChI=1S/C9H10O5/c10-6-1-2-7(9(12)8(6)11)14-4-5-3-13-5/h1-2,5,10-12H,3-4H2. The van der Waals surface area contributed by atoms with Crippen molar-refractivity contribution >= 4 is 0 Å². The maximum atomic E-state index is 9.34. The molecular weight excluding hydrogens is 188 g/mol. The number of phenols is 3. The van der Waals surface area contributed by atoms with Gasteiger partial charge in [0.1, 0.15) is 12.7 Å². The molecule has 0 amide bonds. The van der Waals surface area contributed by atoms with E-state index in [4.69, 9.17) is 19.7 Å². The van der Waals surface area contributed by atoms with Crippen molar-refractivity contribution in [3.05, 3.63) is 12.1 Å². The average Bonchev–Trinajstić information content (AvgIpc) is 2.97. The molecule has 1 aliphatic heterocycles. The predicted molar refractivity (Wildman–Crippen MR) is 46.7 cm³/mol. The highest BCUT2D eigenvalue weighted by atomic mass is 16.6. The van der Waals surface area contributed by atoms with E-state index in [1.54, 1.807) is 0 Å². The summed E-state index contributed by atoms with van der Waals surface area (Å²) in [6.45, 7) is 0.989. The molecule has 1 fully saturated rings. The van der Waals surface area contributed by atoms with Crippen molar-refractivity contribution < 1.29 is 24.8 Å². The van der Waals surface area contributed by atoms with Crippen molar-refractivity contribution in [3.63, 3.8) is 0 Å². The number of aromatic hydroxyl groups is 3. The smallest absolute Gasteiger partial charge is 0.204 e. The van der Waals surface area contributed by atoms with Crippen molar-refractivity contribution in [3.8, 4) is 23.0 Å². The molecule has 14 heavy (non-hydrogen) atoms. The maximum absolute atomic E-state index is 9.34. The van der Waals surface area contributed by atoms with Crippen LogP contribution in [0.5, 0.6) is 23.0 Å². The Morgan fingerprint density at radius 3 is 2.64 bits per heavy atom. The minimum atomic E-state index is -0.570. The van der Waals surface area contributed by atoms with Gasteiger partial charge >= 0.3 is 0 Å². The fraction of sp³-hybridized carbons (Fsp3) is 0.333. The van der Waals surface area contributed by atoms with E-state index in [1.807, 2.05) is 0 Å². The van der Waals surface area contributed by atoms with E-state index in [0.29, 0.717) is 13.2 Å². The molecule has 3 N–H and O–H groups in total. The lowest BCUT2D eigenvalue weighted by atomic mass is 10.2. The molecule has 0 radical (unpaired) electrons. The molecule has 76 valence electrons. The fourth-order valence-electron chi connectivity index (χ4n) is 1.01. The molecule has 0 saturated carbocycles. The Kier molecular flexibility index (Phi) is 2.09. The van der Waals surface area contributed by atoms with Crippen LogP contribution in [0.15, 0.2) is 12.1 Å². The Labute approximate surface area is 80.1 Å². The summed E-state index contributed by atoms with van der Waals surface area (Å²) >= 11 is 0. The van der Waals surface area contributed by atoms with Crippen LogP contribution >= 0.6 is 0 Å². The summed E-state index contributed by atoms with van der Waals surface area (Å²) in [7, 11) is 0. The summed E-state index contributed by atoms with van der Waals surface area (Å²) in [6.07, 6.45) is 0.0744. The van der Waals surface area contributed by atoms with Crippen LogP contribution in [0.1, 0.15) is 0 Å². The average molecular weight is 198 g/mol. The molecule has 5 nitrogen and oxygen atoms in total. The lowest BCUT2D eigenvalue weighted by molar-refractivity contribution is 0.249. The zero-order valence-corrected chi connectivity index (χ0v) is 7.30. The number of epoxide rings is 1. The Balaban J connectivity index is 2.11. The largest absolute Gasteiger partial charge is 0.504 e. The van der Waals surface area contributed by atoms with E-state index >= 15 is 0 Å². The van der Waals surface area contributed by atoms with Crippen molar-refractivity contribution in [1.29, 1.82) is 0 Å². The molecule has 0 aliphatic carbocycles. The minimum Gasteiger partial charge on any atom is -0.504 e. The van der Waals surface area contributed by atoms with Gasteiger partial charge < -0.3 is 24.8 Å². The lowest BCUT2D eigenvalue weighted by Gasteiger charge is -2.08. The first-order chi connectivity index (χ1) is 6.68. The highest BCUT2D eigenvalue weighted by Gasteiger charge is 2.24. The first-order valence-corrected chi connectivity index (χ1v) is 4.17. The third kappa shape index (κ3) is 1.67. The highest BCUT2D eigenvalue weighted by molar-refractivity contribution is 5.56. The molecule has 0 bridgehead atoms. The zero-order chi connectivity index (χ0) is 10.1. The number of benzene rings is 1. The fourth-order valence-corrected chi connectivity index (χ4v) is 1.01. The quantitative estimate of drug-likeness (QED) is 0.489. The molecule has 1 aromatic rings. The number of hydrogen-bond acceptors (Lipinski definition) is 5. The van der Waals surface area contributed by atoms with Crippen LogP contribution in [-0.4, -0.2) is 34.6 Å². The third-order valence-corrected chi connectivity index (χ3v) is 1.92. The van der Waals surface area contributed by atoms with Crippen molar-refractivity contribution in [2.75, 3.05) is 13.2 Å². The number of rotatable bonds is 3. The van der Waals surface area contributed by atoms with Gasteiger partial charge in [-0.2, -0.15) is 0 Å². The number of phenolic OH excluding ortho intramolecular Hbond substituents is 3. The van der Waals surface area contributed by atoms with Crippen LogP contribution in [0, 0.1) is 0 Å². The predicted octanol–water partition coefficient (Wildman–Crippen LogP) is 0.581. The van der Waals surface area contributed by atoms with Gasteiger partial charge in [-0.1, -0.05) is 0 Å². The number of ether oxygens (including phenoxy) is 2. The van der Waals surface area contributed by atoms with Gasteiger partial charge in [-0.05, 0) is 12.1 Å². The van der Waals surface area contributed by atoms with Gasteiger partial charge in [-0.25, -0.2) is 0 Å². The van der Waals surface area contributed by atoms with Gasteiger partial charge in [0.15, 0.2) is 11.5 Å². The summed E-state index contributed by atoms with van der Waals surface area (Å²) in [6, 6.07) is 2.63. The molecule has 1 aromatic carbocycles. The second-order valence-corrected chi connectivity index (χ2v) is 3.05.